The van der Waals surface area contributed by atoms with Gasteiger partial charge in [0.15, 0.2) is 23.0 Å². The zero-order chi connectivity index (χ0) is 17.8. The quantitative estimate of drug-likeness (QED) is 0.897. The predicted molar refractivity (Wildman–Crippen MR) is 84.6 cm³/mol. The van der Waals surface area contributed by atoms with Gasteiger partial charge in [-0.1, -0.05) is 12.1 Å². The van der Waals surface area contributed by atoms with Gasteiger partial charge < -0.3 is 24.3 Å². The molecule has 1 amide bonds. The molecule has 2 aromatic carbocycles. The van der Waals surface area contributed by atoms with Crippen molar-refractivity contribution in [2.75, 3.05) is 19.0 Å². The van der Waals surface area contributed by atoms with E-state index in [1.807, 2.05) is 0 Å². The Bertz CT molecular complexity index is 768. The molecule has 132 valence electrons. The number of alkyl halides is 2. The Morgan fingerprint density at radius 2 is 1.96 bits per heavy atom. The van der Waals surface area contributed by atoms with E-state index in [9.17, 15) is 13.6 Å². The van der Waals surface area contributed by atoms with Gasteiger partial charge in [-0.2, -0.15) is 8.78 Å². The van der Waals surface area contributed by atoms with E-state index in [0.29, 0.717) is 11.5 Å². The predicted octanol–water partition coefficient (Wildman–Crippen LogP) is 3.08. The third-order valence-electron chi connectivity index (χ3n) is 3.45. The number of hydrogen-bond donors (Lipinski definition) is 1. The zero-order valence-corrected chi connectivity index (χ0v) is 13.2. The molecule has 1 aliphatic rings. The second kappa shape index (κ2) is 7.25. The summed E-state index contributed by atoms with van der Waals surface area (Å²) in [4.78, 5) is 12.3. The van der Waals surface area contributed by atoms with Crippen molar-refractivity contribution in [1.82, 2.24) is 0 Å². The summed E-state index contributed by atoms with van der Waals surface area (Å²) in [5.41, 5.74) is 0.268. The van der Waals surface area contributed by atoms with Gasteiger partial charge in [0.05, 0.1) is 7.11 Å². The molecular weight excluding hydrogens is 336 g/mol. The summed E-state index contributed by atoms with van der Waals surface area (Å²) in [6, 6.07) is 11.2. The van der Waals surface area contributed by atoms with Crippen LogP contribution in [0.15, 0.2) is 42.5 Å². The third-order valence-corrected chi connectivity index (χ3v) is 3.45. The first-order valence-electron chi connectivity index (χ1n) is 7.39. The Morgan fingerprint density at radius 3 is 2.68 bits per heavy atom. The number of carbonyl (C=O) groups excluding carboxylic acids is 1. The van der Waals surface area contributed by atoms with Crippen LogP contribution in [0.25, 0.3) is 0 Å². The van der Waals surface area contributed by atoms with E-state index in [1.165, 1.54) is 25.3 Å². The average molecular weight is 351 g/mol. The molecule has 0 fully saturated rings. The highest BCUT2D eigenvalue weighted by atomic mass is 19.3. The van der Waals surface area contributed by atoms with Crippen LogP contribution in [0.5, 0.6) is 23.0 Å². The number of ether oxygens (including phenoxy) is 4. The maximum absolute atomic E-state index is 12.5. The summed E-state index contributed by atoms with van der Waals surface area (Å²) in [5.74, 6) is 0.502. The van der Waals surface area contributed by atoms with Crippen LogP contribution in [-0.4, -0.2) is 32.3 Å². The second-order valence-electron chi connectivity index (χ2n) is 5.10. The lowest BCUT2D eigenvalue weighted by Crippen LogP contribution is -2.40. The number of amides is 1. The lowest BCUT2D eigenvalue weighted by Gasteiger charge is -2.25. The smallest absolute Gasteiger partial charge is 0.387 e. The number of methoxy groups -OCH3 is 1. The molecule has 0 bridgehead atoms. The molecule has 0 spiro atoms. The van der Waals surface area contributed by atoms with E-state index in [4.69, 9.17) is 14.2 Å². The largest absolute Gasteiger partial charge is 0.493 e. The number of para-hydroxylation sites is 2. The number of halogens is 2. The lowest BCUT2D eigenvalue weighted by atomic mass is 10.2. The first-order chi connectivity index (χ1) is 12.1. The van der Waals surface area contributed by atoms with E-state index in [-0.39, 0.29) is 23.8 Å². The van der Waals surface area contributed by atoms with Crippen molar-refractivity contribution in [3.05, 3.63) is 42.5 Å². The van der Waals surface area contributed by atoms with E-state index < -0.39 is 18.6 Å². The first-order valence-corrected chi connectivity index (χ1v) is 7.39. The highest BCUT2D eigenvalue weighted by molar-refractivity contribution is 5.95. The van der Waals surface area contributed by atoms with Crippen molar-refractivity contribution in [3.63, 3.8) is 0 Å². The molecule has 0 aliphatic carbocycles. The Morgan fingerprint density at radius 1 is 1.20 bits per heavy atom. The lowest BCUT2D eigenvalue weighted by molar-refractivity contribution is -0.125. The van der Waals surface area contributed by atoms with E-state index >= 15 is 0 Å². The molecule has 6 nitrogen and oxygen atoms in total. The summed E-state index contributed by atoms with van der Waals surface area (Å²) in [6.07, 6.45) is -0.864. The molecule has 1 heterocycles. The molecule has 3 rings (SSSR count). The fourth-order valence-corrected chi connectivity index (χ4v) is 2.31. The minimum absolute atomic E-state index is 0.0411. The number of fused-ring (bicyclic) bond motifs is 1. The maximum atomic E-state index is 12.5. The molecular formula is C17H15F2NO5. The Hall–Kier alpha value is -3.03. The van der Waals surface area contributed by atoms with Crippen molar-refractivity contribution in [2.45, 2.75) is 12.7 Å². The molecule has 1 aliphatic heterocycles. The number of hydrogen-bond acceptors (Lipinski definition) is 5. The molecule has 0 aromatic heterocycles. The molecule has 1 unspecified atom stereocenters. The van der Waals surface area contributed by atoms with Gasteiger partial charge in [-0.15, -0.1) is 0 Å². The number of carbonyl (C=O) groups is 1. The van der Waals surface area contributed by atoms with Gasteiger partial charge in [-0.25, -0.2) is 0 Å². The summed E-state index contributed by atoms with van der Waals surface area (Å²) >= 11 is 0. The highest BCUT2D eigenvalue weighted by Crippen LogP contribution is 2.33. The van der Waals surface area contributed by atoms with E-state index in [0.717, 1.165) is 0 Å². The van der Waals surface area contributed by atoms with Crippen LogP contribution in [0.4, 0.5) is 14.5 Å². The van der Waals surface area contributed by atoms with Crippen molar-refractivity contribution in [1.29, 1.82) is 0 Å². The molecule has 2 aromatic rings. The standard InChI is InChI=1S/C17H15F2NO5/c1-22-11-7-6-10(8-14(11)25-17(18)19)20-16(21)15-9-23-12-4-2-3-5-13(12)24-15/h2-8,15,17H,9H2,1H3,(H,20,21). The summed E-state index contributed by atoms with van der Waals surface area (Å²) < 4.78 is 45.3. The topological polar surface area (TPSA) is 66.0 Å². The SMILES string of the molecule is COc1ccc(NC(=O)C2COc3ccccc3O2)cc1OC(F)F. The fraction of sp³-hybridized carbons (Fsp3) is 0.235. The first kappa shape index (κ1) is 16.8. The van der Waals surface area contributed by atoms with Crippen molar-refractivity contribution in [2.24, 2.45) is 0 Å². The van der Waals surface area contributed by atoms with Gasteiger partial charge in [0.25, 0.3) is 5.91 Å². The van der Waals surface area contributed by atoms with Gasteiger partial charge >= 0.3 is 6.61 Å². The maximum Gasteiger partial charge on any atom is 0.387 e. The number of anilines is 1. The number of benzene rings is 2. The minimum atomic E-state index is -3.01. The number of nitrogens with one attached hydrogen (secondary N) is 1. The van der Waals surface area contributed by atoms with E-state index in [1.54, 1.807) is 24.3 Å². The molecule has 8 heteroatoms. The van der Waals surface area contributed by atoms with Gasteiger partial charge in [0, 0.05) is 11.8 Å². The summed E-state index contributed by atoms with van der Waals surface area (Å²) in [5, 5.41) is 2.58. The van der Waals surface area contributed by atoms with Gasteiger partial charge in [-0.05, 0) is 24.3 Å². The molecule has 1 N–H and O–H groups in total. The molecule has 0 saturated carbocycles. The third kappa shape index (κ3) is 3.90. The zero-order valence-electron chi connectivity index (χ0n) is 13.2. The highest BCUT2D eigenvalue weighted by Gasteiger charge is 2.27. The van der Waals surface area contributed by atoms with Crippen LogP contribution in [0.2, 0.25) is 0 Å². The van der Waals surface area contributed by atoms with Gasteiger partial charge in [-0.3, -0.25) is 4.79 Å². The van der Waals surface area contributed by atoms with Crippen LogP contribution in [-0.2, 0) is 4.79 Å². The normalized spacial score (nSPS) is 15.6. The Labute approximate surface area is 142 Å². The van der Waals surface area contributed by atoms with Crippen LogP contribution >= 0.6 is 0 Å². The van der Waals surface area contributed by atoms with Gasteiger partial charge in [0.2, 0.25) is 6.10 Å². The fourth-order valence-electron chi connectivity index (χ4n) is 2.31. The van der Waals surface area contributed by atoms with Crippen molar-refractivity contribution < 1.29 is 32.5 Å². The van der Waals surface area contributed by atoms with Crippen LogP contribution in [0.3, 0.4) is 0 Å². The minimum Gasteiger partial charge on any atom is -0.493 e. The summed E-state index contributed by atoms with van der Waals surface area (Å²) in [7, 11) is 1.33. The molecule has 0 radical (unpaired) electrons. The molecule has 0 saturated heterocycles. The average Bonchev–Trinajstić information content (AvgIpc) is 2.61. The number of rotatable bonds is 5. The van der Waals surface area contributed by atoms with Crippen molar-refractivity contribution in [3.8, 4) is 23.0 Å². The van der Waals surface area contributed by atoms with Crippen LogP contribution in [0.1, 0.15) is 0 Å². The van der Waals surface area contributed by atoms with Crippen molar-refractivity contribution >= 4 is 11.6 Å². The van der Waals surface area contributed by atoms with E-state index in [2.05, 4.69) is 10.1 Å². The Balaban J connectivity index is 1.71. The second-order valence-corrected chi connectivity index (χ2v) is 5.10. The summed E-state index contributed by atoms with van der Waals surface area (Å²) in [6.45, 7) is -2.97. The Kier molecular flexibility index (Phi) is 4.87. The molecule has 25 heavy (non-hydrogen) atoms. The molecule has 1 atom stereocenters. The monoisotopic (exact) mass is 351 g/mol. The van der Waals surface area contributed by atoms with Crippen LogP contribution < -0.4 is 24.3 Å². The van der Waals surface area contributed by atoms with Crippen LogP contribution in [0, 0.1) is 0 Å². The van der Waals surface area contributed by atoms with Gasteiger partial charge in [0.1, 0.15) is 6.61 Å².